The van der Waals surface area contributed by atoms with Gasteiger partial charge in [-0.3, -0.25) is 9.10 Å². The summed E-state index contributed by atoms with van der Waals surface area (Å²) in [7, 11) is -2.70. The highest BCUT2D eigenvalue weighted by Gasteiger charge is 2.28. The standard InChI is InChI=1S/C19H14FN3O3S2/c1-23(16-7-5-14(20)6-8-16)28(25,26)17-9-10-27-18(17)19(24)22-15-4-2-3-13(11-15)12-21/h2-11H,1H3,(H,22,24). The maximum absolute atomic E-state index is 13.1. The Balaban J connectivity index is 1.90. The molecular weight excluding hydrogens is 401 g/mol. The summed E-state index contributed by atoms with van der Waals surface area (Å²) in [6, 6.07) is 14.6. The maximum atomic E-state index is 13.1. The van der Waals surface area contributed by atoms with Crippen LogP contribution in [0.5, 0.6) is 0 Å². The summed E-state index contributed by atoms with van der Waals surface area (Å²) >= 11 is 0.986. The molecule has 1 amide bonds. The third-order valence-electron chi connectivity index (χ3n) is 3.91. The highest BCUT2D eigenvalue weighted by molar-refractivity contribution is 7.93. The number of amides is 1. The van der Waals surface area contributed by atoms with Gasteiger partial charge >= 0.3 is 0 Å². The number of nitriles is 1. The Morgan fingerprint density at radius 3 is 2.57 bits per heavy atom. The van der Waals surface area contributed by atoms with E-state index >= 15 is 0 Å². The van der Waals surface area contributed by atoms with Crippen LogP contribution in [-0.2, 0) is 10.0 Å². The monoisotopic (exact) mass is 415 g/mol. The van der Waals surface area contributed by atoms with Crippen LogP contribution < -0.4 is 9.62 Å². The highest BCUT2D eigenvalue weighted by atomic mass is 32.2. The third kappa shape index (κ3) is 3.88. The lowest BCUT2D eigenvalue weighted by atomic mass is 10.2. The number of benzene rings is 2. The Bertz CT molecular complexity index is 1170. The number of carbonyl (C=O) groups is 1. The molecule has 0 spiro atoms. The predicted molar refractivity (Wildman–Crippen MR) is 105 cm³/mol. The van der Waals surface area contributed by atoms with Crippen molar-refractivity contribution >= 4 is 38.6 Å². The number of sulfonamides is 1. The number of nitrogens with zero attached hydrogens (tertiary/aromatic N) is 2. The van der Waals surface area contributed by atoms with Crippen molar-refractivity contribution in [2.45, 2.75) is 4.90 Å². The van der Waals surface area contributed by atoms with E-state index in [0.717, 1.165) is 27.8 Å². The van der Waals surface area contributed by atoms with Crippen molar-refractivity contribution in [3.05, 3.63) is 76.2 Å². The molecule has 142 valence electrons. The molecule has 0 atom stereocenters. The zero-order valence-electron chi connectivity index (χ0n) is 14.6. The Hall–Kier alpha value is -3.22. The average Bonchev–Trinajstić information content (AvgIpc) is 3.19. The normalized spacial score (nSPS) is 10.9. The summed E-state index contributed by atoms with van der Waals surface area (Å²) in [6.07, 6.45) is 0. The molecule has 9 heteroatoms. The molecule has 0 aliphatic heterocycles. The molecule has 2 aromatic carbocycles. The third-order valence-corrected chi connectivity index (χ3v) is 6.78. The lowest BCUT2D eigenvalue weighted by molar-refractivity contribution is 0.102. The minimum Gasteiger partial charge on any atom is -0.321 e. The minimum atomic E-state index is -4.03. The molecule has 0 saturated heterocycles. The van der Waals surface area contributed by atoms with Crippen LogP contribution >= 0.6 is 11.3 Å². The fraction of sp³-hybridized carbons (Fsp3) is 0.0526. The van der Waals surface area contributed by atoms with E-state index in [9.17, 15) is 17.6 Å². The van der Waals surface area contributed by atoms with Gasteiger partial charge in [-0.05, 0) is 53.9 Å². The number of rotatable bonds is 5. The molecule has 0 unspecified atom stereocenters. The number of halogens is 1. The van der Waals surface area contributed by atoms with Crippen LogP contribution in [0, 0.1) is 17.1 Å². The molecule has 0 radical (unpaired) electrons. The molecule has 0 aliphatic rings. The van der Waals surface area contributed by atoms with Gasteiger partial charge in [-0.2, -0.15) is 5.26 Å². The first kappa shape index (κ1) is 19.5. The van der Waals surface area contributed by atoms with E-state index in [-0.39, 0.29) is 15.5 Å². The van der Waals surface area contributed by atoms with Crippen molar-refractivity contribution in [2.75, 3.05) is 16.7 Å². The molecule has 0 aliphatic carbocycles. The van der Waals surface area contributed by atoms with Gasteiger partial charge in [0, 0.05) is 12.7 Å². The highest BCUT2D eigenvalue weighted by Crippen LogP contribution is 2.28. The molecule has 3 rings (SSSR count). The van der Waals surface area contributed by atoms with Gasteiger partial charge in [-0.15, -0.1) is 11.3 Å². The Kier molecular flexibility index (Phi) is 5.44. The first-order valence-electron chi connectivity index (χ1n) is 7.96. The van der Waals surface area contributed by atoms with Gasteiger partial charge in [-0.1, -0.05) is 6.07 Å². The van der Waals surface area contributed by atoms with Gasteiger partial charge in [0.25, 0.3) is 15.9 Å². The van der Waals surface area contributed by atoms with Crippen molar-refractivity contribution in [3.63, 3.8) is 0 Å². The van der Waals surface area contributed by atoms with Gasteiger partial charge in [0.15, 0.2) is 0 Å². The number of nitrogens with one attached hydrogen (secondary N) is 1. The van der Waals surface area contributed by atoms with Crippen LogP contribution in [0.2, 0.25) is 0 Å². The second-order valence-electron chi connectivity index (χ2n) is 5.71. The molecule has 1 heterocycles. The Morgan fingerprint density at radius 1 is 1.18 bits per heavy atom. The Morgan fingerprint density at radius 2 is 1.89 bits per heavy atom. The van der Waals surface area contributed by atoms with Crippen LogP contribution in [0.25, 0.3) is 0 Å². The van der Waals surface area contributed by atoms with Crippen molar-refractivity contribution in [1.29, 1.82) is 5.26 Å². The molecule has 0 saturated carbocycles. The molecule has 28 heavy (non-hydrogen) atoms. The minimum absolute atomic E-state index is 0.0105. The number of carbonyl (C=O) groups excluding carboxylic acids is 1. The molecule has 1 aromatic heterocycles. The molecule has 0 bridgehead atoms. The fourth-order valence-corrected chi connectivity index (χ4v) is 4.95. The lowest BCUT2D eigenvalue weighted by Crippen LogP contribution is -2.28. The van der Waals surface area contributed by atoms with Crippen molar-refractivity contribution in [2.24, 2.45) is 0 Å². The zero-order chi connectivity index (χ0) is 20.3. The van der Waals surface area contributed by atoms with Gasteiger partial charge < -0.3 is 5.32 Å². The van der Waals surface area contributed by atoms with Crippen molar-refractivity contribution in [1.82, 2.24) is 0 Å². The molecule has 3 aromatic rings. The van der Waals surface area contributed by atoms with Crippen LogP contribution in [0.3, 0.4) is 0 Å². The Labute approximate surface area is 165 Å². The van der Waals surface area contributed by atoms with Crippen molar-refractivity contribution in [3.8, 4) is 6.07 Å². The van der Waals surface area contributed by atoms with Gasteiger partial charge in [-0.25, -0.2) is 12.8 Å². The maximum Gasteiger partial charge on any atom is 0.267 e. The van der Waals surface area contributed by atoms with E-state index in [0.29, 0.717) is 11.3 Å². The topological polar surface area (TPSA) is 90.3 Å². The van der Waals surface area contributed by atoms with Gasteiger partial charge in [0.1, 0.15) is 15.6 Å². The van der Waals surface area contributed by atoms with Crippen LogP contribution in [-0.4, -0.2) is 21.4 Å². The zero-order valence-corrected chi connectivity index (χ0v) is 16.2. The van der Waals surface area contributed by atoms with Gasteiger partial charge in [0.2, 0.25) is 0 Å². The van der Waals surface area contributed by atoms with E-state index in [4.69, 9.17) is 5.26 Å². The van der Waals surface area contributed by atoms with Crippen molar-refractivity contribution < 1.29 is 17.6 Å². The first-order valence-corrected chi connectivity index (χ1v) is 10.3. The molecule has 1 N–H and O–H groups in total. The summed E-state index contributed by atoms with van der Waals surface area (Å²) < 4.78 is 40.0. The largest absolute Gasteiger partial charge is 0.321 e. The summed E-state index contributed by atoms with van der Waals surface area (Å²) in [6.45, 7) is 0. The van der Waals surface area contributed by atoms with E-state index < -0.39 is 21.7 Å². The number of hydrogen-bond acceptors (Lipinski definition) is 5. The molecular formula is C19H14FN3O3S2. The number of thiophene rings is 1. The first-order chi connectivity index (χ1) is 13.3. The molecule has 0 fully saturated rings. The second-order valence-corrected chi connectivity index (χ2v) is 8.56. The lowest BCUT2D eigenvalue weighted by Gasteiger charge is -2.19. The fourth-order valence-electron chi connectivity index (χ4n) is 2.46. The smallest absolute Gasteiger partial charge is 0.267 e. The number of hydrogen-bond donors (Lipinski definition) is 1. The van der Waals surface area contributed by atoms with E-state index in [1.807, 2.05) is 6.07 Å². The van der Waals surface area contributed by atoms with Crippen LogP contribution in [0.1, 0.15) is 15.2 Å². The second kappa shape index (κ2) is 7.80. The van der Waals surface area contributed by atoms with Crippen LogP contribution in [0.4, 0.5) is 15.8 Å². The summed E-state index contributed by atoms with van der Waals surface area (Å²) in [4.78, 5) is 12.5. The van der Waals surface area contributed by atoms with E-state index in [1.54, 1.807) is 18.2 Å². The predicted octanol–water partition coefficient (Wildman–Crippen LogP) is 3.84. The summed E-state index contributed by atoms with van der Waals surface area (Å²) in [5.41, 5.74) is 1.02. The van der Waals surface area contributed by atoms with Gasteiger partial charge in [0.05, 0.1) is 17.3 Å². The van der Waals surface area contributed by atoms with E-state index in [2.05, 4.69) is 5.32 Å². The molecule has 6 nitrogen and oxygen atoms in total. The average molecular weight is 415 g/mol. The van der Waals surface area contributed by atoms with Crippen LogP contribution in [0.15, 0.2) is 64.9 Å². The van der Waals surface area contributed by atoms with E-state index in [1.165, 1.54) is 36.7 Å². The summed E-state index contributed by atoms with van der Waals surface area (Å²) in [5.74, 6) is -1.08. The number of anilines is 2. The SMILES string of the molecule is CN(c1ccc(F)cc1)S(=O)(=O)c1ccsc1C(=O)Nc1cccc(C#N)c1. The quantitative estimate of drug-likeness (QED) is 0.686. The summed E-state index contributed by atoms with van der Waals surface area (Å²) in [5, 5.41) is 13.1.